The first kappa shape index (κ1) is 15.2. The maximum atomic E-state index is 5.96. The Kier molecular flexibility index (Phi) is 6.06. The summed E-state index contributed by atoms with van der Waals surface area (Å²) in [5.74, 6) is 0.938. The van der Waals surface area contributed by atoms with E-state index in [1.807, 2.05) is 24.3 Å². The molecule has 0 aromatic heterocycles. The van der Waals surface area contributed by atoms with Crippen molar-refractivity contribution >= 4 is 24.2 Å². The van der Waals surface area contributed by atoms with Gasteiger partial charge in [0.1, 0.15) is 0 Å². The molecule has 0 spiro atoms. The summed E-state index contributed by atoms with van der Waals surface area (Å²) in [5, 5.41) is 0.777. The molecule has 1 aromatic carbocycles. The van der Waals surface area contributed by atoms with E-state index in [0.717, 1.165) is 17.4 Å². The lowest BCUT2D eigenvalue weighted by atomic mass is 9.83. The normalized spacial score (nSPS) is 19.1. The van der Waals surface area contributed by atoms with E-state index < -0.39 is 0 Å². The molecule has 3 heteroatoms. The van der Waals surface area contributed by atoms with Crippen LogP contribution >= 0.6 is 24.2 Å². The molecule has 2 rings (SSSR count). The number of ether oxygens (including phenoxy) is 1. The van der Waals surface area contributed by atoms with E-state index in [2.05, 4.69) is 12.6 Å². The zero-order chi connectivity index (χ0) is 13.6. The Balaban J connectivity index is 1.83. The molecule has 0 aliphatic heterocycles. The number of benzene rings is 1. The fourth-order valence-corrected chi connectivity index (χ4v) is 3.33. The summed E-state index contributed by atoms with van der Waals surface area (Å²) in [6, 6.07) is 7.89. The lowest BCUT2D eigenvalue weighted by Gasteiger charge is -2.30. The van der Waals surface area contributed by atoms with Crippen LogP contribution in [-0.4, -0.2) is 12.4 Å². The molecule has 1 aliphatic carbocycles. The summed E-state index contributed by atoms with van der Waals surface area (Å²) in [4.78, 5) is 0. The molecule has 0 radical (unpaired) electrons. The molecular formula is C16H23ClOS. The van der Waals surface area contributed by atoms with Crippen molar-refractivity contribution in [2.45, 2.75) is 45.1 Å². The molecule has 1 nitrogen and oxygen atoms in total. The highest BCUT2D eigenvalue weighted by atomic mass is 35.5. The van der Waals surface area contributed by atoms with Gasteiger partial charge in [-0.1, -0.05) is 49.4 Å². The first-order valence-electron chi connectivity index (χ1n) is 7.17. The van der Waals surface area contributed by atoms with Crippen LogP contribution < -0.4 is 0 Å². The summed E-state index contributed by atoms with van der Waals surface area (Å²) >= 11 is 10.5. The number of thiol groups is 1. The van der Waals surface area contributed by atoms with E-state index in [9.17, 15) is 0 Å². The van der Waals surface area contributed by atoms with Crippen LogP contribution in [0.25, 0.3) is 0 Å². The van der Waals surface area contributed by atoms with Gasteiger partial charge in [0, 0.05) is 10.4 Å². The molecule has 0 heterocycles. The van der Waals surface area contributed by atoms with Gasteiger partial charge in [-0.3, -0.25) is 0 Å². The SMILES string of the molecule is SCC1(COCc2ccc(Cl)cc2)CCCCCC1. The van der Waals surface area contributed by atoms with Crippen LogP contribution in [0.2, 0.25) is 5.02 Å². The fraction of sp³-hybridized carbons (Fsp3) is 0.625. The molecule has 0 N–H and O–H groups in total. The minimum atomic E-state index is 0.298. The molecule has 1 aliphatic rings. The second-order valence-corrected chi connectivity index (χ2v) is 6.44. The van der Waals surface area contributed by atoms with Crippen molar-refractivity contribution < 1.29 is 4.74 Å². The summed E-state index contributed by atoms with van der Waals surface area (Å²) in [6.07, 6.45) is 7.91. The standard InChI is InChI=1S/C16H23ClOS/c17-15-7-5-14(6-8-15)11-18-12-16(13-19)9-3-1-2-4-10-16/h5-8,19H,1-4,9-13H2. The Morgan fingerprint density at radius 3 is 2.26 bits per heavy atom. The summed E-state index contributed by atoms with van der Waals surface area (Å²) < 4.78 is 5.96. The monoisotopic (exact) mass is 298 g/mol. The van der Waals surface area contributed by atoms with E-state index in [1.165, 1.54) is 44.1 Å². The van der Waals surface area contributed by atoms with Gasteiger partial charge >= 0.3 is 0 Å². The van der Waals surface area contributed by atoms with E-state index in [4.69, 9.17) is 16.3 Å². The van der Waals surface area contributed by atoms with Gasteiger partial charge in [0.15, 0.2) is 0 Å². The molecule has 106 valence electrons. The van der Waals surface area contributed by atoms with Gasteiger partial charge in [0.05, 0.1) is 13.2 Å². The Bertz CT molecular complexity index is 369. The van der Waals surface area contributed by atoms with Gasteiger partial charge < -0.3 is 4.74 Å². The third kappa shape index (κ3) is 4.70. The predicted octanol–water partition coefficient (Wildman–Crippen LogP) is 5.13. The van der Waals surface area contributed by atoms with Gasteiger partial charge in [0.2, 0.25) is 0 Å². The van der Waals surface area contributed by atoms with Crippen molar-refractivity contribution in [2.24, 2.45) is 5.41 Å². The summed E-state index contributed by atoms with van der Waals surface area (Å²) in [7, 11) is 0. The summed E-state index contributed by atoms with van der Waals surface area (Å²) in [6.45, 7) is 1.51. The Labute approximate surface area is 127 Å². The average molecular weight is 299 g/mol. The van der Waals surface area contributed by atoms with E-state index in [1.54, 1.807) is 0 Å². The Morgan fingerprint density at radius 2 is 1.68 bits per heavy atom. The predicted molar refractivity (Wildman–Crippen MR) is 85.1 cm³/mol. The number of hydrogen-bond donors (Lipinski definition) is 1. The van der Waals surface area contributed by atoms with Gasteiger partial charge in [-0.15, -0.1) is 0 Å². The molecule has 1 aromatic rings. The van der Waals surface area contributed by atoms with Crippen LogP contribution in [0.1, 0.15) is 44.1 Å². The average Bonchev–Trinajstić information content (AvgIpc) is 2.67. The van der Waals surface area contributed by atoms with Crippen LogP contribution in [0, 0.1) is 5.41 Å². The zero-order valence-corrected chi connectivity index (χ0v) is 13.1. The first-order chi connectivity index (χ1) is 9.24. The molecular weight excluding hydrogens is 276 g/mol. The van der Waals surface area contributed by atoms with Crippen molar-refractivity contribution in [3.63, 3.8) is 0 Å². The van der Waals surface area contributed by atoms with Gasteiger partial charge in [-0.25, -0.2) is 0 Å². The second-order valence-electron chi connectivity index (χ2n) is 5.69. The minimum absolute atomic E-state index is 0.298. The summed E-state index contributed by atoms with van der Waals surface area (Å²) in [5.41, 5.74) is 1.49. The molecule has 0 amide bonds. The minimum Gasteiger partial charge on any atom is -0.376 e. The van der Waals surface area contributed by atoms with Crippen LogP contribution in [0.15, 0.2) is 24.3 Å². The highest BCUT2D eigenvalue weighted by Crippen LogP contribution is 2.36. The van der Waals surface area contributed by atoms with Gasteiger partial charge in [0.25, 0.3) is 0 Å². The number of hydrogen-bond acceptors (Lipinski definition) is 2. The molecule has 0 unspecified atom stereocenters. The molecule has 19 heavy (non-hydrogen) atoms. The third-order valence-corrected chi connectivity index (χ3v) is 5.01. The topological polar surface area (TPSA) is 9.23 Å². The molecule has 0 saturated heterocycles. The Morgan fingerprint density at radius 1 is 1.05 bits per heavy atom. The maximum absolute atomic E-state index is 5.96. The lowest BCUT2D eigenvalue weighted by molar-refractivity contribution is 0.0370. The smallest absolute Gasteiger partial charge is 0.0717 e. The lowest BCUT2D eigenvalue weighted by Crippen LogP contribution is -2.28. The Hall–Kier alpha value is -0.180. The quantitative estimate of drug-likeness (QED) is 0.586. The van der Waals surface area contributed by atoms with Gasteiger partial charge in [-0.2, -0.15) is 12.6 Å². The van der Waals surface area contributed by atoms with Crippen LogP contribution in [0.5, 0.6) is 0 Å². The zero-order valence-electron chi connectivity index (χ0n) is 11.4. The fourth-order valence-electron chi connectivity index (χ4n) is 2.79. The number of halogens is 1. The van der Waals surface area contributed by atoms with Crippen molar-refractivity contribution in [2.75, 3.05) is 12.4 Å². The molecule has 1 saturated carbocycles. The number of rotatable bonds is 5. The largest absolute Gasteiger partial charge is 0.376 e. The molecule has 0 bridgehead atoms. The maximum Gasteiger partial charge on any atom is 0.0717 e. The highest BCUT2D eigenvalue weighted by molar-refractivity contribution is 7.80. The van der Waals surface area contributed by atoms with Crippen molar-refractivity contribution in [3.05, 3.63) is 34.9 Å². The van der Waals surface area contributed by atoms with Crippen molar-refractivity contribution in [3.8, 4) is 0 Å². The first-order valence-corrected chi connectivity index (χ1v) is 8.18. The van der Waals surface area contributed by atoms with E-state index in [-0.39, 0.29) is 0 Å². The van der Waals surface area contributed by atoms with Crippen molar-refractivity contribution in [1.29, 1.82) is 0 Å². The van der Waals surface area contributed by atoms with E-state index in [0.29, 0.717) is 12.0 Å². The van der Waals surface area contributed by atoms with Crippen LogP contribution in [0.4, 0.5) is 0 Å². The van der Waals surface area contributed by atoms with Gasteiger partial charge in [-0.05, 0) is 36.3 Å². The third-order valence-electron chi connectivity index (χ3n) is 4.09. The molecule has 0 atom stereocenters. The van der Waals surface area contributed by atoms with Crippen LogP contribution in [0.3, 0.4) is 0 Å². The van der Waals surface area contributed by atoms with Crippen molar-refractivity contribution in [1.82, 2.24) is 0 Å². The highest BCUT2D eigenvalue weighted by Gasteiger charge is 2.29. The van der Waals surface area contributed by atoms with E-state index >= 15 is 0 Å². The molecule has 1 fully saturated rings. The van der Waals surface area contributed by atoms with Crippen LogP contribution in [-0.2, 0) is 11.3 Å². The second kappa shape index (κ2) is 7.56.